The summed E-state index contributed by atoms with van der Waals surface area (Å²) in [5, 5.41) is 3.31. The Morgan fingerprint density at radius 1 is 1.25 bits per heavy atom. The number of nitrogens with zero attached hydrogens (tertiary/aromatic N) is 1. The molecule has 2 rings (SSSR count). The van der Waals surface area contributed by atoms with Crippen LogP contribution in [0.3, 0.4) is 0 Å². The first kappa shape index (κ1) is 14.8. The van der Waals surface area contributed by atoms with Gasteiger partial charge in [0.05, 0.1) is 11.6 Å². The molecule has 0 radical (unpaired) electrons. The van der Waals surface area contributed by atoms with Crippen LogP contribution in [0.2, 0.25) is 0 Å². The summed E-state index contributed by atoms with van der Waals surface area (Å²) >= 11 is 3.46. The summed E-state index contributed by atoms with van der Waals surface area (Å²) in [6, 6.07) is 9.69. The van der Waals surface area contributed by atoms with Crippen molar-refractivity contribution < 1.29 is 9.47 Å². The molecule has 1 heterocycles. The highest BCUT2D eigenvalue weighted by Gasteiger charge is 2.07. The van der Waals surface area contributed by atoms with Gasteiger partial charge < -0.3 is 14.8 Å². The molecule has 0 aliphatic heterocycles. The first-order chi connectivity index (χ1) is 9.81. The lowest BCUT2D eigenvalue weighted by Crippen LogP contribution is -2.20. The van der Waals surface area contributed by atoms with Gasteiger partial charge in [-0.15, -0.1) is 0 Å². The Bertz CT molecular complexity index is 535. The average molecular weight is 337 g/mol. The smallest absolute Gasteiger partial charge is 0.175 e. The van der Waals surface area contributed by atoms with Crippen molar-refractivity contribution in [2.45, 2.75) is 6.54 Å². The van der Waals surface area contributed by atoms with E-state index in [1.54, 1.807) is 13.3 Å². The van der Waals surface area contributed by atoms with Gasteiger partial charge in [-0.05, 0) is 39.7 Å². The van der Waals surface area contributed by atoms with Gasteiger partial charge in [-0.3, -0.25) is 4.98 Å². The molecule has 0 saturated heterocycles. The van der Waals surface area contributed by atoms with Gasteiger partial charge in [-0.25, -0.2) is 0 Å². The molecule has 4 nitrogen and oxygen atoms in total. The minimum Gasteiger partial charge on any atom is -0.493 e. The van der Waals surface area contributed by atoms with Crippen LogP contribution in [0.15, 0.2) is 47.2 Å². The zero-order valence-electron chi connectivity index (χ0n) is 11.3. The number of nitrogens with one attached hydrogen (secondary N) is 1. The summed E-state index contributed by atoms with van der Waals surface area (Å²) in [5.41, 5.74) is 1.16. The highest BCUT2D eigenvalue weighted by Crippen LogP contribution is 2.34. The second kappa shape index (κ2) is 7.87. The quantitative estimate of drug-likeness (QED) is 0.789. The van der Waals surface area contributed by atoms with E-state index in [1.807, 2.05) is 36.5 Å². The van der Waals surface area contributed by atoms with Crippen LogP contribution in [0.1, 0.15) is 5.56 Å². The van der Waals surface area contributed by atoms with Crippen molar-refractivity contribution in [1.82, 2.24) is 10.3 Å². The summed E-state index contributed by atoms with van der Waals surface area (Å²) in [4.78, 5) is 4.07. The van der Waals surface area contributed by atoms with E-state index < -0.39 is 0 Å². The first-order valence-corrected chi connectivity index (χ1v) is 7.15. The molecule has 1 aromatic carbocycles. The standard InChI is InChI=1S/C15H17BrN2O2/c1-19-14-6-2-5-13(16)15(14)20-9-8-18-11-12-4-3-7-17-10-12/h2-7,10,18H,8-9,11H2,1H3. The molecule has 0 spiro atoms. The van der Waals surface area contributed by atoms with Crippen molar-refractivity contribution in [2.24, 2.45) is 0 Å². The van der Waals surface area contributed by atoms with E-state index >= 15 is 0 Å². The van der Waals surface area contributed by atoms with E-state index in [1.165, 1.54) is 0 Å². The van der Waals surface area contributed by atoms with E-state index in [2.05, 4.69) is 26.2 Å². The topological polar surface area (TPSA) is 43.4 Å². The number of rotatable bonds is 7. The molecule has 0 saturated carbocycles. The van der Waals surface area contributed by atoms with Gasteiger partial charge in [0.2, 0.25) is 0 Å². The monoisotopic (exact) mass is 336 g/mol. The SMILES string of the molecule is COc1cccc(Br)c1OCCNCc1cccnc1. The van der Waals surface area contributed by atoms with Gasteiger partial charge in [0.1, 0.15) is 6.61 Å². The maximum atomic E-state index is 5.75. The van der Waals surface area contributed by atoms with Crippen LogP contribution in [0.25, 0.3) is 0 Å². The number of hydrogen-bond acceptors (Lipinski definition) is 4. The Balaban J connectivity index is 1.76. The van der Waals surface area contributed by atoms with Crippen molar-refractivity contribution >= 4 is 15.9 Å². The number of pyridine rings is 1. The Labute approximate surface area is 127 Å². The van der Waals surface area contributed by atoms with Crippen LogP contribution in [-0.4, -0.2) is 25.2 Å². The van der Waals surface area contributed by atoms with Gasteiger partial charge >= 0.3 is 0 Å². The number of halogens is 1. The molecule has 2 aromatic rings. The minimum atomic E-state index is 0.569. The highest BCUT2D eigenvalue weighted by atomic mass is 79.9. The van der Waals surface area contributed by atoms with Crippen molar-refractivity contribution in [2.75, 3.05) is 20.3 Å². The normalized spacial score (nSPS) is 10.3. The number of hydrogen-bond donors (Lipinski definition) is 1. The molecule has 1 N–H and O–H groups in total. The molecule has 0 amide bonds. The molecule has 106 valence electrons. The van der Waals surface area contributed by atoms with Crippen molar-refractivity contribution in [1.29, 1.82) is 0 Å². The van der Waals surface area contributed by atoms with Crippen molar-refractivity contribution in [3.63, 3.8) is 0 Å². The molecule has 0 aliphatic rings. The number of para-hydroxylation sites is 1. The molecular formula is C15H17BrN2O2. The summed E-state index contributed by atoms with van der Waals surface area (Å²) < 4.78 is 11.9. The number of benzene rings is 1. The van der Waals surface area contributed by atoms with Crippen molar-refractivity contribution in [3.05, 3.63) is 52.8 Å². The predicted octanol–water partition coefficient (Wildman–Crippen LogP) is 3.02. The maximum Gasteiger partial charge on any atom is 0.175 e. The van der Waals surface area contributed by atoms with E-state index in [9.17, 15) is 0 Å². The summed E-state index contributed by atoms with van der Waals surface area (Å²) in [6.45, 7) is 2.10. The van der Waals surface area contributed by atoms with E-state index in [-0.39, 0.29) is 0 Å². The lowest BCUT2D eigenvalue weighted by molar-refractivity contribution is 0.290. The van der Waals surface area contributed by atoms with Gasteiger partial charge in [-0.1, -0.05) is 12.1 Å². The zero-order chi connectivity index (χ0) is 14.2. The second-order valence-electron chi connectivity index (χ2n) is 4.16. The molecule has 0 unspecified atom stereocenters. The largest absolute Gasteiger partial charge is 0.493 e. The third-order valence-corrected chi connectivity index (χ3v) is 3.35. The fourth-order valence-electron chi connectivity index (χ4n) is 1.75. The number of aromatic nitrogens is 1. The lowest BCUT2D eigenvalue weighted by Gasteiger charge is -2.12. The predicted molar refractivity (Wildman–Crippen MR) is 82.1 cm³/mol. The fourth-order valence-corrected chi connectivity index (χ4v) is 2.21. The van der Waals surface area contributed by atoms with Crippen LogP contribution in [-0.2, 0) is 6.54 Å². The molecule has 0 bridgehead atoms. The van der Waals surface area contributed by atoms with Crippen LogP contribution < -0.4 is 14.8 Å². The molecule has 0 atom stereocenters. The van der Waals surface area contributed by atoms with E-state index in [0.717, 1.165) is 34.6 Å². The van der Waals surface area contributed by atoms with Gasteiger partial charge in [0, 0.05) is 25.5 Å². The van der Waals surface area contributed by atoms with E-state index in [0.29, 0.717) is 6.61 Å². The van der Waals surface area contributed by atoms with Gasteiger partial charge in [-0.2, -0.15) is 0 Å². The Morgan fingerprint density at radius 3 is 2.90 bits per heavy atom. The minimum absolute atomic E-state index is 0.569. The zero-order valence-corrected chi connectivity index (χ0v) is 12.9. The van der Waals surface area contributed by atoms with E-state index in [4.69, 9.17) is 9.47 Å². The molecular weight excluding hydrogens is 320 g/mol. The summed E-state index contributed by atoms with van der Waals surface area (Å²) in [6.07, 6.45) is 3.62. The Hall–Kier alpha value is -1.59. The van der Waals surface area contributed by atoms with Crippen LogP contribution in [0, 0.1) is 0 Å². The highest BCUT2D eigenvalue weighted by molar-refractivity contribution is 9.10. The van der Waals surface area contributed by atoms with Gasteiger partial charge in [0.15, 0.2) is 11.5 Å². The first-order valence-electron chi connectivity index (χ1n) is 6.36. The third kappa shape index (κ3) is 4.21. The average Bonchev–Trinajstić information content (AvgIpc) is 2.49. The second-order valence-corrected chi connectivity index (χ2v) is 5.01. The summed E-state index contributed by atoms with van der Waals surface area (Å²) in [5.74, 6) is 1.46. The molecule has 0 fully saturated rings. The third-order valence-electron chi connectivity index (χ3n) is 2.73. The Kier molecular flexibility index (Phi) is 5.83. The van der Waals surface area contributed by atoms with Crippen LogP contribution >= 0.6 is 15.9 Å². The molecule has 0 aliphatic carbocycles. The van der Waals surface area contributed by atoms with Crippen LogP contribution in [0.4, 0.5) is 0 Å². The Morgan fingerprint density at radius 2 is 2.15 bits per heavy atom. The molecule has 5 heteroatoms. The fraction of sp³-hybridized carbons (Fsp3) is 0.267. The lowest BCUT2D eigenvalue weighted by atomic mass is 10.3. The number of methoxy groups -OCH3 is 1. The maximum absolute atomic E-state index is 5.75. The van der Waals surface area contributed by atoms with Crippen molar-refractivity contribution in [3.8, 4) is 11.5 Å². The summed E-state index contributed by atoms with van der Waals surface area (Å²) in [7, 11) is 1.63. The number of ether oxygens (including phenoxy) is 2. The molecule has 1 aromatic heterocycles. The molecule has 20 heavy (non-hydrogen) atoms. The van der Waals surface area contributed by atoms with Crippen LogP contribution in [0.5, 0.6) is 11.5 Å². The van der Waals surface area contributed by atoms with Gasteiger partial charge in [0.25, 0.3) is 0 Å².